The number of amides is 3. The van der Waals surface area contributed by atoms with Crippen LogP contribution < -0.4 is 26.4 Å². The van der Waals surface area contributed by atoms with Gasteiger partial charge in [0.15, 0.2) is 0 Å². The number of nitro benzene ring substituents is 1. The van der Waals surface area contributed by atoms with Crippen molar-refractivity contribution in [1.82, 2.24) is 10.6 Å². The molecule has 0 saturated heterocycles. The van der Waals surface area contributed by atoms with Gasteiger partial charge in [0, 0.05) is 17.8 Å². The van der Waals surface area contributed by atoms with E-state index in [0.29, 0.717) is 24.2 Å². The van der Waals surface area contributed by atoms with Gasteiger partial charge in [0.2, 0.25) is 11.8 Å². The number of benzene rings is 2. The van der Waals surface area contributed by atoms with E-state index in [0.717, 1.165) is 0 Å². The average molecular weight is 560 g/mol. The maximum absolute atomic E-state index is 12.6. The third-order valence-electron chi connectivity index (χ3n) is 4.97. The van der Waals surface area contributed by atoms with Gasteiger partial charge >= 0.3 is 12.2 Å². The van der Waals surface area contributed by atoms with Gasteiger partial charge in [-0.25, -0.2) is 9.59 Å². The van der Waals surface area contributed by atoms with Crippen LogP contribution in [0.15, 0.2) is 48.5 Å². The summed E-state index contributed by atoms with van der Waals surface area (Å²) >= 11 is 0. The highest BCUT2D eigenvalue weighted by molar-refractivity contribution is 5.95. The van der Waals surface area contributed by atoms with Crippen molar-refractivity contribution >= 4 is 35.4 Å². The molecule has 0 aliphatic rings. The molecule has 0 heterocycles. The van der Waals surface area contributed by atoms with Gasteiger partial charge in [-0.15, -0.1) is 0 Å². The predicted molar refractivity (Wildman–Crippen MR) is 143 cm³/mol. The normalized spacial score (nSPS) is 11.5. The van der Waals surface area contributed by atoms with Crippen molar-refractivity contribution in [2.75, 3.05) is 18.4 Å². The number of hydrogen-bond acceptors (Lipinski definition) is 10. The molecule has 0 fully saturated rings. The molecule has 0 saturated carbocycles. The zero-order chi connectivity index (χ0) is 29.7. The first-order valence-corrected chi connectivity index (χ1v) is 12.3. The third-order valence-corrected chi connectivity index (χ3v) is 4.97. The number of anilines is 1. The second kappa shape index (κ2) is 15.0. The first-order valence-electron chi connectivity index (χ1n) is 12.3. The molecule has 2 aromatic rings. The zero-order valence-electron chi connectivity index (χ0n) is 22.4. The molecule has 0 aromatic heterocycles. The number of nitrogens with zero attached hydrogens (tertiary/aromatic N) is 1. The van der Waals surface area contributed by atoms with E-state index in [1.807, 2.05) is 0 Å². The second-order valence-corrected chi connectivity index (χ2v) is 9.48. The standard InChI is InChI=1S/C26H33N5O9/c1-26(2,3)40-24(34)30-21(5-4-14-27)23(33)28-15-22(32)29-18-8-6-17(7-9-18)16-38-25(35)39-20-12-10-19(11-13-20)31(36)37/h6-13,21H,4-5,14-16,27H2,1-3H3,(H,28,33)(H,29,32)(H,30,34)/t21-/m0/s1. The molecule has 1 atom stereocenters. The molecule has 40 heavy (non-hydrogen) atoms. The van der Waals surface area contributed by atoms with Gasteiger partial charge in [-0.05, 0) is 70.0 Å². The number of nitro groups is 1. The van der Waals surface area contributed by atoms with Crippen LogP contribution in [0.4, 0.5) is 21.0 Å². The highest BCUT2D eigenvalue weighted by atomic mass is 16.7. The van der Waals surface area contributed by atoms with E-state index in [4.69, 9.17) is 19.9 Å². The lowest BCUT2D eigenvalue weighted by Crippen LogP contribution is -2.49. The van der Waals surface area contributed by atoms with Crippen LogP contribution >= 0.6 is 0 Å². The van der Waals surface area contributed by atoms with E-state index in [9.17, 15) is 29.3 Å². The minimum Gasteiger partial charge on any atom is -0.444 e. The summed E-state index contributed by atoms with van der Waals surface area (Å²) in [4.78, 5) is 58.9. The van der Waals surface area contributed by atoms with Crippen LogP contribution in [0.2, 0.25) is 0 Å². The van der Waals surface area contributed by atoms with Crippen LogP contribution in [-0.4, -0.2) is 53.7 Å². The van der Waals surface area contributed by atoms with Crippen molar-refractivity contribution in [2.24, 2.45) is 5.73 Å². The number of alkyl carbamates (subject to hydrolysis) is 1. The fourth-order valence-electron chi connectivity index (χ4n) is 3.12. The number of rotatable bonds is 12. The first-order chi connectivity index (χ1) is 18.9. The van der Waals surface area contributed by atoms with Crippen molar-refractivity contribution in [3.63, 3.8) is 0 Å². The van der Waals surface area contributed by atoms with E-state index < -0.39 is 40.6 Å². The van der Waals surface area contributed by atoms with Gasteiger partial charge in [-0.3, -0.25) is 19.7 Å². The summed E-state index contributed by atoms with van der Waals surface area (Å²) in [5.41, 5.74) is 5.67. The van der Waals surface area contributed by atoms with Gasteiger partial charge in [0.05, 0.1) is 11.5 Å². The van der Waals surface area contributed by atoms with E-state index in [-0.39, 0.29) is 31.0 Å². The molecular weight excluding hydrogens is 526 g/mol. The number of carbonyl (C=O) groups is 4. The van der Waals surface area contributed by atoms with Crippen LogP contribution in [0, 0.1) is 10.1 Å². The molecule has 0 spiro atoms. The largest absolute Gasteiger partial charge is 0.514 e. The first kappa shape index (κ1) is 31.5. The summed E-state index contributed by atoms with van der Waals surface area (Å²) in [5, 5.41) is 18.3. The highest BCUT2D eigenvalue weighted by Crippen LogP contribution is 2.18. The Bertz CT molecular complexity index is 1180. The molecule has 0 unspecified atom stereocenters. The molecule has 0 radical (unpaired) electrons. The number of ether oxygens (including phenoxy) is 3. The fourth-order valence-corrected chi connectivity index (χ4v) is 3.12. The SMILES string of the molecule is CC(C)(C)OC(=O)N[C@@H](CCCN)C(=O)NCC(=O)Nc1ccc(COC(=O)Oc2ccc([N+](=O)[O-])cc2)cc1. The van der Waals surface area contributed by atoms with Crippen molar-refractivity contribution in [3.8, 4) is 5.75 Å². The molecule has 0 bridgehead atoms. The number of nitrogens with two attached hydrogens (primary N) is 1. The number of nitrogens with one attached hydrogen (secondary N) is 3. The summed E-state index contributed by atoms with van der Waals surface area (Å²) < 4.78 is 15.2. The Hall–Kier alpha value is -4.72. The van der Waals surface area contributed by atoms with E-state index in [1.165, 1.54) is 24.3 Å². The van der Waals surface area contributed by atoms with Gasteiger partial charge in [0.25, 0.3) is 5.69 Å². The van der Waals surface area contributed by atoms with Gasteiger partial charge < -0.3 is 35.9 Å². The Labute approximate surface area is 230 Å². The van der Waals surface area contributed by atoms with Crippen LogP contribution in [0.1, 0.15) is 39.2 Å². The summed E-state index contributed by atoms with van der Waals surface area (Å²) in [6.07, 6.45) is -0.996. The number of carbonyl (C=O) groups excluding carboxylic acids is 4. The third kappa shape index (κ3) is 11.8. The van der Waals surface area contributed by atoms with Crippen LogP contribution in [0.3, 0.4) is 0 Å². The maximum atomic E-state index is 12.6. The molecule has 2 aromatic carbocycles. The predicted octanol–water partition coefficient (Wildman–Crippen LogP) is 3.00. The zero-order valence-corrected chi connectivity index (χ0v) is 22.4. The van der Waals surface area contributed by atoms with Crippen molar-refractivity contribution in [3.05, 3.63) is 64.2 Å². The second-order valence-electron chi connectivity index (χ2n) is 9.48. The monoisotopic (exact) mass is 559 g/mol. The maximum Gasteiger partial charge on any atom is 0.514 e. The quantitative estimate of drug-likeness (QED) is 0.130. The lowest BCUT2D eigenvalue weighted by Gasteiger charge is -2.23. The van der Waals surface area contributed by atoms with E-state index in [1.54, 1.807) is 45.0 Å². The van der Waals surface area contributed by atoms with Crippen molar-refractivity contribution in [1.29, 1.82) is 0 Å². The summed E-state index contributed by atoms with van der Waals surface area (Å²) in [5.74, 6) is -0.964. The van der Waals surface area contributed by atoms with E-state index >= 15 is 0 Å². The Morgan fingerprint density at radius 3 is 2.25 bits per heavy atom. The van der Waals surface area contributed by atoms with Crippen LogP contribution in [-0.2, 0) is 25.7 Å². The smallest absolute Gasteiger partial charge is 0.444 e. The van der Waals surface area contributed by atoms with Crippen molar-refractivity contribution in [2.45, 2.75) is 51.9 Å². The number of hydrogen-bond donors (Lipinski definition) is 4. The average Bonchev–Trinajstić information content (AvgIpc) is 2.88. The van der Waals surface area contributed by atoms with Crippen LogP contribution in [0.5, 0.6) is 5.75 Å². The summed E-state index contributed by atoms with van der Waals surface area (Å²) in [6, 6.07) is 10.4. The molecule has 3 amide bonds. The molecule has 216 valence electrons. The minimum absolute atomic E-state index is 0.0899. The van der Waals surface area contributed by atoms with Crippen molar-refractivity contribution < 1.29 is 38.3 Å². The summed E-state index contributed by atoms with van der Waals surface area (Å²) in [6.45, 7) is 4.96. The van der Waals surface area contributed by atoms with Gasteiger partial charge in [-0.2, -0.15) is 0 Å². The molecule has 5 N–H and O–H groups in total. The molecule has 14 heteroatoms. The fraction of sp³-hybridized carbons (Fsp3) is 0.385. The Balaban J connectivity index is 1.79. The van der Waals surface area contributed by atoms with E-state index in [2.05, 4.69) is 16.0 Å². The molecular formula is C26H33N5O9. The topological polar surface area (TPSA) is 201 Å². The van der Waals surface area contributed by atoms with Crippen LogP contribution in [0.25, 0.3) is 0 Å². The lowest BCUT2D eigenvalue weighted by molar-refractivity contribution is -0.384. The molecule has 2 rings (SSSR count). The lowest BCUT2D eigenvalue weighted by atomic mass is 10.1. The van der Waals surface area contributed by atoms with Gasteiger partial charge in [-0.1, -0.05) is 12.1 Å². The molecule has 0 aliphatic heterocycles. The minimum atomic E-state index is -0.993. The molecule has 14 nitrogen and oxygen atoms in total. The van der Waals surface area contributed by atoms with Gasteiger partial charge in [0.1, 0.15) is 24.0 Å². The Morgan fingerprint density at radius 2 is 1.68 bits per heavy atom. The summed E-state index contributed by atoms with van der Waals surface area (Å²) in [7, 11) is 0. The molecule has 0 aliphatic carbocycles. The highest BCUT2D eigenvalue weighted by Gasteiger charge is 2.24. The number of non-ortho nitro benzene ring substituents is 1. The Kier molecular flexibility index (Phi) is 11.8. The Morgan fingerprint density at radius 1 is 1.02 bits per heavy atom.